The average molecular weight is 256 g/mol. The van der Waals surface area contributed by atoms with E-state index in [9.17, 15) is 5.11 Å². The van der Waals surface area contributed by atoms with Gasteiger partial charge in [0.05, 0.1) is 6.61 Å². The molecule has 1 atom stereocenters. The monoisotopic (exact) mass is 256 g/mol. The van der Waals surface area contributed by atoms with E-state index >= 15 is 0 Å². The Balaban J connectivity index is 2.27. The van der Waals surface area contributed by atoms with E-state index in [1.165, 1.54) is 32.4 Å². The second kappa shape index (κ2) is 8.13. The van der Waals surface area contributed by atoms with Crippen molar-refractivity contribution in [2.75, 3.05) is 32.8 Å². The van der Waals surface area contributed by atoms with Crippen LogP contribution in [0.25, 0.3) is 0 Å². The van der Waals surface area contributed by atoms with Crippen LogP contribution in [0.4, 0.5) is 0 Å². The van der Waals surface area contributed by atoms with Crippen molar-refractivity contribution in [1.29, 1.82) is 0 Å². The lowest BCUT2D eigenvalue weighted by Gasteiger charge is -2.27. The maximum Gasteiger partial charge on any atom is 0.0585 e. The smallest absolute Gasteiger partial charge is 0.0585 e. The summed E-state index contributed by atoms with van der Waals surface area (Å²) in [6, 6.07) is 0.281. The third-order valence-electron chi connectivity index (χ3n) is 4.71. The Morgan fingerprint density at radius 1 is 1.28 bits per heavy atom. The molecule has 1 saturated heterocycles. The van der Waals surface area contributed by atoms with E-state index in [0.717, 1.165) is 25.9 Å². The summed E-state index contributed by atoms with van der Waals surface area (Å²) < 4.78 is 0. The summed E-state index contributed by atoms with van der Waals surface area (Å²) >= 11 is 0. The Bertz CT molecular complexity index is 217. The summed E-state index contributed by atoms with van der Waals surface area (Å²) in [4.78, 5) is 2.59. The molecule has 2 N–H and O–H groups in total. The van der Waals surface area contributed by atoms with Crippen molar-refractivity contribution in [1.82, 2.24) is 10.2 Å². The molecule has 3 nitrogen and oxygen atoms in total. The predicted molar refractivity (Wildman–Crippen MR) is 77.9 cm³/mol. The van der Waals surface area contributed by atoms with E-state index in [1.807, 2.05) is 0 Å². The molecule has 0 aromatic rings. The molecule has 0 spiro atoms. The lowest BCUT2D eigenvalue weighted by Crippen LogP contribution is -2.37. The molecule has 1 heterocycles. The van der Waals surface area contributed by atoms with Crippen molar-refractivity contribution in [3.63, 3.8) is 0 Å². The summed E-state index contributed by atoms with van der Waals surface area (Å²) in [7, 11) is 0. The van der Waals surface area contributed by atoms with Gasteiger partial charge >= 0.3 is 0 Å². The maximum atomic E-state index is 9.34. The van der Waals surface area contributed by atoms with Crippen LogP contribution in [0, 0.1) is 5.41 Å². The lowest BCUT2D eigenvalue weighted by atomic mass is 9.82. The second-order valence-corrected chi connectivity index (χ2v) is 5.86. The molecular weight excluding hydrogens is 224 g/mol. The third kappa shape index (κ3) is 4.52. The van der Waals surface area contributed by atoms with Crippen LogP contribution in [-0.4, -0.2) is 48.8 Å². The van der Waals surface area contributed by atoms with E-state index in [2.05, 4.69) is 31.0 Å². The fourth-order valence-electron chi connectivity index (χ4n) is 2.99. The van der Waals surface area contributed by atoms with Crippen LogP contribution in [0.3, 0.4) is 0 Å². The summed E-state index contributed by atoms with van der Waals surface area (Å²) in [5.41, 5.74) is 0.575. The molecule has 0 aromatic heterocycles. The maximum absolute atomic E-state index is 9.34. The molecule has 0 aliphatic carbocycles. The van der Waals surface area contributed by atoms with Gasteiger partial charge in [-0.2, -0.15) is 0 Å². The molecule has 0 saturated carbocycles. The third-order valence-corrected chi connectivity index (χ3v) is 4.71. The molecule has 0 amide bonds. The van der Waals surface area contributed by atoms with Crippen LogP contribution in [0.2, 0.25) is 0 Å². The van der Waals surface area contributed by atoms with Gasteiger partial charge < -0.3 is 15.3 Å². The van der Waals surface area contributed by atoms with Gasteiger partial charge in [-0.3, -0.25) is 0 Å². The van der Waals surface area contributed by atoms with E-state index < -0.39 is 0 Å². The average Bonchev–Trinajstić information content (AvgIpc) is 2.83. The van der Waals surface area contributed by atoms with Crippen molar-refractivity contribution in [3.05, 3.63) is 0 Å². The molecule has 0 bridgehead atoms. The van der Waals surface area contributed by atoms with Gasteiger partial charge in [0, 0.05) is 12.6 Å². The Hall–Kier alpha value is -0.120. The van der Waals surface area contributed by atoms with Crippen molar-refractivity contribution >= 4 is 0 Å². The van der Waals surface area contributed by atoms with Gasteiger partial charge in [-0.05, 0) is 57.2 Å². The van der Waals surface area contributed by atoms with Crippen molar-refractivity contribution in [2.45, 2.75) is 58.9 Å². The molecule has 1 fully saturated rings. The summed E-state index contributed by atoms with van der Waals surface area (Å²) in [6.07, 6.45) is 6.16. The zero-order valence-corrected chi connectivity index (χ0v) is 12.5. The number of aliphatic hydroxyl groups excluding tert-OH is 1. The molecule has 0 radical (unpaired) electrons. The standard InChI is InChI=1S/C15H32N2O/c1-4-9-16-14(12-18)7-10-17-11-8-15(5-2,6-3)13-17/h14,16,18H,4-13H2,1-3H3. The first-order valence-corrected chi connectivity index (χ1v) is 7.76. The molecular formula is C15H32N2O. The van der Waals surface area contributed by atoms with Crippen LogP contribution < -0.4 is 5.32 Å². The molecule has 0 aromatic carbocycles. The molecule has 1 aliphatic heterocycles. The fraction of sp³-hybridized carbons (Fsp3) is 1.00. The number of nitrogens with one attached hydrogen (secondary N) is 1. The second-order valence-electron chi connectivity index (χ2n) is 5.86. The highest BCUT2D eigenvalue weighted by atomic mass is 16.3. The summed E-state index contributed by atoms with van der Waals surface area (Å²) in [5.74, 6) is 0. The molecule has 1 rings (SSSR count). The van der Waals surface area contributed by atoms with Crippen molar-refractivity contribution in [2.24, 2.45) is 5.41 Å². The zero-order chi connectivity index (χ0) is 13.4. The van der Waals surface area contributed by atoms with Gasteiger partial charge in [-0.15, -0.1) is 0 Å². The topological polar surface area (TPSA) is 35.5 Å². The van der Waals surface area contributed by atoms with Gasteiger partial charge in [0.1, 0.15) is 0 Å². The first-order chi connectivity index (χ1) is 8.69. The number of rotatable bonds is 9. The number of hydrogen-bond acceptors (Lipinski definition) is 3. The van der Waals surface area contributed by atoms with Crippen LogP contribution in [-0.2, 0) is 0 Å². The van der Waals surface area contributed by atoms with Crippen molar-refractivity contribution < 1.29 is 5.11 Å². The highest BCUT2D eigenvalue weighted by Gasteiger charge is 2.34. The van der Waals surface area contributed by atoms with Gasteiger partial charge in [-0.25, -0.2) is 0 Å². The van der Waals surface area contributed by atoms with Crippen LogP contribution >= 0.6 is 0 Å². The normalized spacial score (nSPS) is 21.3. The van der Waals surface area contributed by atoms with Gasteiger partial charge in [0.2, 0.25) is 0 Å². The number of nitrogens with zero attached hydrogens (tertiary/aromatic N) is 1. The Kier molecular flexibility index (Phi) is 7.20. The van der Waals surface area contributed by atoms with E-state index in [-0.39, 0.29) is 12.6 Å². The van der Waals surface area contributed by atoms with Crippen LogP contribution in [0.1, 0.15) is 52.9 Å². The number of hydrogen-bond donors (Lipinski definition) is 2. The largest absolute Gasteiger partial charge is 0.395 e. The Morgan fingerprint density at radius 3 is 2.50 bits per heavy atom. The molecule has 18 heavy (non-hydrogen) atoms. The highest BCUT2D eigenvalue weighted by molar-refractivity contribution is 4.88. The van der Waals surface area contributed by atoms with E-state index in [4.69, 9.17) is 0 Å². The van der Waals surface area contributed by atoms with Gasteiger partial charge in [0.15, 0.2) is 0 Å². The number of aliphatic hydroxyl groups is 1. The molecule has 1 unspecified atom stereocenters. The summed E-state index contributed by atoms with van der Waals surface area (Å²) in [5, 5.41) is 12.8. The van der Waals surface area contributed by atoms with Gasteiger partial charge in [0.25, 0.3) is 0 Å². The van der Waals surface area contributed by atoms with Crippen molar-refractivity contribution in [3.8, 4) is 0 Å². The molecule has 1 aliphatic rings. The first-order valence-electron chi connectivity index (χ1n) is 7.76. The first kappa shape index (κ1) is 15.9. The van der Waals surface area contributed by atoms with E-state index in [1.54, 1.807) is 0 Å². The van der Waals surface area contributed by atoms with Crippen LogP contribution in [0.15, 0.2) is 0 Å². The summed E-state index contributed by atoms with van der Waals surface area (Å²) in [6.45, 7) is 11.7. The lowest BCUT2D eigenvalue weighted by molar-refractivity contribution is 0.203. The SMILES string of the molecule is CCCNC(CO)CCN1CCC(CC)(CC)C1. The zero-order valence-electron chi connectivity index (χ0n) is 12.5. The van der Waals surface area contributed by atoms with Crippen LogP contribution in [0.5, 0.6) is 0 Å². The van der Waals surface area contributed by atoms with Gasteiger partial charge in [-0.1, -0.05) is 20.8 Å². The fourth-order valence-corrected chi connectivity index (χ4v) is 2.99. The van der Waals surface area contributed by atoms with E-state index in [0.29, 0.717) is 5.41 Å². The number of likely N-dealkylation sites (tertiary alicyclic amines) is 1. The minimum Gasteiger partial charge on any atom is -0.395 e. The molecule has 108 valence electrons. The quantitative estimate of drug-likeness (QED) is 0.664. The predicted octanol–water partition coefficient (Wildman–Crippen LogP) is 2.25. The Labute approximate surface area is 113 Å². The Morgan fingerprint density at radius 2 is 2.00 bits per heavy atom. The minimum absolute atomic E-state index is 0.264. The molecule has 3 heteroatoms. The highest BCUT2D eigenvalue weighted by Crippen LogP contribution is 2.36. The minimum atomic E-state index is 0.264.